The fourth-order valence-electron chi connectivity index (χ4n) is 3.23. The van der Waals surface area contributed by atoms with Gasteiger partial charge in [-0.15, -0.1) is 0 Å². The number of hydrogen-bond donors (Lipinski definition) is 2. The fraction of sp³-hybridized carbons (Fsp3) is 0.0800. The number of carbonyl (C=O) groups is 1. The smallest absolute Gasteiger partial charge is 0.324 e. The Bertz CT molecular complexity index is 1340. The summed E-state index contributed by atoms with van der Waals surface area (Å²) in [6, 6.07) is 19.5. The van der Waals surface area contributed by atoms with Gasteiger partial charge in [-0.25, -0.2) is 9.97 Å². The third-order valence-corrected chi connectivity index (χ3v) is 5.33. The van der Waals surface area contributed by atoms with E-state index in [0.29, 0.717) is 11.6 Å². The van der Waals surface area contributed by atoms with Gasteiger partial charge in [0.25, 0.3) is 5.91 Å². The van der Waals surface area contributed by atoms with Crippen molar-refractivity contribution >= 4 is 34.8 Å². The molecule has 1 amide bonds. The summed E-state index contributed by atoms with van der Waals surface area (Å²) < 4.78 is 39.3. The molecular weight excluding hydrogens is 465 g/mol. The molecule has 0 radical (unpaired) electrons. The van der Waals surface area contributed by atoms with E-state index in [4.69, 9.17) is 11.6 Å². The second-order valence-corrected chi connectivity index (χ2v) is 7.84. The summed E-state index contributed by atoms with van der Waals surface area (Å²) in [6.45, 7) is 1.85. The number of aryl methyl sites for hydroxylation is 1. The fourth-order valence-corrected chi connectivity index (χ4v) is 3.46. The molecular formula is C25H18ClF3N4O. The number of anilines is 3. The van der Waals surface area contributed by atoms with E-state index in [1.54, 1.807) is 30.5 Å². The molecule has 1 heterocycles. The molecule has 2 N–H and O–H groups in total. The summed E-state index contributed by atoms with van der Waals surface area (Å²) in [5.41, 5.74) is 2.29. The monoisotopic (exact) mass is 482 g/mol. The minimum Gasteiger partial charge on any atom is -0.324 e. The first-order valence-corrected chi connectivity index (χ1v) is 10.5. The third-order valence-electron chi connectivity index (χ3n) is 5.00. The van der Waals surface area contributed by atoms with E-state index >= 15 is 0 Å². The molecule has 0 spiro atoms. The number of amides is 1. The van der Waals surface area contributed by atoms with Gasteiger partial charge >= 0.3 is 6.18 Å². The Morgan fingerprint density at radius 3 is 2.47 bits per heavy atom. The predicted octanol–water partition coefficient (Wildman–Crippen LogP) is 7.12. The number of rotatable bonds is 5. The van der Waals surface area contributed by atoms with Gasteiger partial charge in [0.15, 0.2) is 0 Å². The van der Waals surface area contributed by atoms with Crippen molar-refractivity contribution in [3.05, 3.63) is 101 Å². The molecule has 0 saturated carbocycles. The van der Waals surface area contributed by atoms with Gasteiger partial charge in [-0.1, -0.05) is 48.0 Å². The lowest BCUT2D eigenvalue weighted by molar-refractivity contribution is -0.137. The molecule has 0 aliphatic rings. The summed E-state index contributed by atoms with van der Waals surface area (Å²) in [5, 5.41) is 5.15. The molecule has 0 unspecified atom stereocenters. The lowest BCUT2D eigenvalue weighted by Crippen LogP contribution is -2.14. The van der Waals surface area contributed by atoms with Crippen LogP contribution in [0.15, 0.2) is 79.0 Å². The number of aromatic nitrogens is 2. The van der Waals surface area contributed by atoms with Gasteiger partial charge < -0.3 is 10.6 Å². The van der Waals surface area contributed by atoms with E-state index < -0.39 is 22.7 Å². The van der Waals surface area contributed by atoms with Crippen LogP contribution in [0.3, 0.4) is 0 Å². The van der Waals surface area contributed by atoms with Gasteiger partial charge in [-0.05, 0) is 48.9 Å². The summed E-state index contributed by atoms with van der Waals surface area (Å²) in [7, 11) is 0. The number of nitrogens with one attached hydrogen (secondary N) is 2. The first-order valence-electron chi connectivity index (χ1n) is 10.1. The zero-order chi connectivity index (χ0) is 24.3. The summed E-state index contributed by atoms with van der Waals surface area (Å²) >= 11 is 5.65. The Balaban J connectivity index is 1.56. The maximum Gasteiger partial charge on any atom is 0.417 e. The molecule has 0 aliphatic carbocycles. The Hall–Kier alpha value is -3.91. The quantitative estimate of drug-likeness (QED) is 0.318. The van der Waals surface area contributed by atoms with Gasteiger partial charge in [0.05, 0.1) is 16.3 Å². The summed E-state index contributed by atoms with van der Waals surface area (Å²) in [5.74, 6) is -0.230. The topological polar surface area (TPSA) is 66.9 Å². The first-order chi connectivity index (χ1) is 16.2. The highest BCUT2D eigenvalue weighted by Gasteiger charge is 2.33. The number of hydrogen-bond acceptors (Lipinski definition) is 4. The van der Waals surface area contributed by atoms with Crippen LogP contribution in [-0.4, -0.2) is 15.9 Å². The normalized spacial score (nSPS) is 11.2. The lowest BCUT2D eigenvalue weighted by atomic mass is 10.1. The molecule has 1 aromatic heterocycles. The number of halogens is 4. The minimum atomic E-state index is -4.63. The van der Waals surface area contributed by atoms with Crippen LogP contribution in [0.2, 0.25) is 5.02 Å². The highest BCUT2D eigenvalue weighted by Crippen LogP contribution is 2.36. The van der Waals surface area contributed by atoms with Crippen LogP contribution in [0.5, 0.6) is 0 Å². The van der Waals surface area contributed by atoms with Crippen molar-refractivity contribution in [1.29, 1.82) is 0 Å². The molecule has 3 aromatic carbocycles. The third kappa shape index (κ3) is 5.35. The van der Waals surface area contributed by atoms with Crippen molar-refractivity contribution < 1.29 is 18.0 Å². The number of carbonyl (C=O) groups excluding carboxylic acids is 1. The van der Waals surface area contributed by atoms with E-state index in [-0.39, 0.29) is 11.3 Å². The second-order valence-electron chi connectivity index (χ2n) is 7.43. The van der Waals surface area contributed by atoms with Crippen LogP contribution in [0, 0.1) is 6.92 Å². The molecule has 4 rings (SSSR count). The largest absolute Gasteiger partial charge is 0.417 e. The maximum atomic E-state index is 13.1. The van der Waals surface area contributed by atoms with Gasteiger partial charge in [0, 0.05) is 28.7 Å². The van der Waals surface area contributed by atoms with Crippen molar-refractivity contribution in [2.24, 2.45) is 0 Å². The molecule has 4 aromatic rings. The second kappa shape index (κ2) is 9.52. The number of benzene rings is 3. The molecule has 172 valence electrons. The van der Waals surface area contributed by atoms with E-state index in [9.17, 15) is 18.0 Å². The number of nitrogens with zero attached hydrogens (tertiary/aromatic N) is 2. The van der Waals surface area contributed by atoms with Crippen molar-refractivity contribution in [3.8, 4) is 11.3 Å². The van der Waals surface area contributed by atoms with Crippen LogP contribution >= 0.6 is 11.6 Å². The van der Waals surface area contributed by atoms with Crippen LogP contribution in [0.4, 0.5) is 30.5 Å². The molecule has 34 heavy (non-hydrogen) atoms. The van der Waals surface area contributed by atoms with E-state index in [1.165, 1.54) is 6.07 Å². The molecule has 5 nitrogen and oxygen atoms in total. The van der Waals surface area contributed by atoms with Gasteiger partial charge in [0.2, 0.25) is 5.95 Å². The van der Waals surface area contributed by atoms with Crippen LogP contribution in [0.1, 0.15) is 21.5 Å². The average molecular weight is 483 g/mol. The van der Waals surface area contributed by atoms with Gasteiger partial charge in [0.1, 0.15) is 0 Å². The maximum absolute atomic E-state index is 13.1. The molecule has 9 heteroatoms. The van der Waals surface area contributed by atoms with E-state index in [2.05, 4.69) is 20.6 Å². The van der Waals surface area contributed by atoms with Crippen LogP contribution in [-0.2, 0) is 6.18 Å². The van der Waals surface area contributed by atoms with Crippen molar-refractivity contribution in [3.63, 3.8) is 0 Å². The van der Waals surface area contributed by atoms with Crippen LogP contribution in [0.25, 0.3) is 11.3 Å². The highest BCUT2D eigenvalue weighted by molar-refractivity contribution is 6.31. The minimum absolute atomic E-state index is 0.0179. The SMILES string of the molecule is Cc1ccc(C(=O)Nc2ccc(Cl)c(C(F)(F)F)c2)cc1Nc1nccc(-c2ccccc2)n1. The van der Waals surface area contributed by atoms with Crippen molar-refractivity contribution in [1.82, 2.24) is 9.97 Å². The Morgan fingerprint density at radius 1 is 0.971 bits per heavy atom. The predicted molar refractivity (Wildman–Crippen MR) is 126 cm³/mol. The van der Waals surface area contributed by atoms with Gasteiger partial charge in [-0.2, -0.15) is 13.2 Å². The highest BCUT2D eigenvalue weighted by atomic mass is 35.5. The van der Waals surface area contributed by atoms with E-state index in [1.807, 2.05) is 37.3 Å². The molecule has 0 bridgehead atoms. The molecule has 0 saturated heterocycles. The summed E-state index contributed by atoms with van der Waals surface area (Å²) in [6.07, 6.45) is -3.00. The Labute approximate surface area is 198 Å². The van der Waals surface area contributed by atoms with Gasteiger partial charge in [-0.3, -0.25) is 4.79 Å². The zero-order valence-corrected chi connectivity index (χ0v) is 18.6. The first kappa shape index (κ1) is 23.3. The average Bonchev–Trinajstić information content (AvgIpc) is 2.82. The Morgan fingerprint density at radius 2 is 1.74 bits per heavy atom. The number of alkyl halides is 3. The standard InChI is InChI=1S/C25H18ClF3N4O/c1-15-7-8-17(23(34)31-18-9-10-20(26)19(14-18)25(27,28)29)13-22(15)33-24-30-12-11-21(32-24)16-5-3-2-4-6-16/h2-14H,1H3,(H,31,34)(H,30,32,33). The van der Waals surface area contributed by atoms with E-state index in [0.717, 1.165) is 29.0 Å². The Kier molecular flexibility index (Phi) is 6.51. The van der Waals surface area contributed by atoms with Crippen molar-refractivity contribution in [2.45, 2.75) is 13.1 Å². The molecule has 0 aliphatic heterocycles. The molecule has 0 fully saturated rings. The summed E-state index contributed by atoms with van der Waals surface area (Å²) in [4.78, 5) is 21.5. The van der Waals surface area contributed by atoms with Crippen LogP contribution < -0.4 is 10.6 Å². The lowest BCUT2D eigenvalue weighted by Gasteiger charge is -2.13. The molecule has 0 atom stereocenters. The zero-order valence-electron chi connectivity index (χ0n) is 17.8. The van der Waals surface area contributed by atoms with Crippen molar-refractivity contribution in [2.75, 3.05) is 10.6 Å².